The molecule has 0 saturated heterocycles. The van der Waals surface area contributed by atoms with Crippen LogP contribution in [0.5, 0.6) is 17.2 Å². The van der Waals surface area contributed by atoms with Crippen LogP contribution < -0.4 is 24.8 Å². The second-order valence-electron chi connectivity index (χ2n) is 5.19. The van der Waals surface area contributed by atoms with E-state index in [4.69, 9.17) is 25.8 Å². The molecule has 0 radical (unpaired) electrons. The zero-order valence-electron chi connectivity index (χ0n) is 14.6. The van der Waals surface area contributed by atoms with Gasteiger partial charge in [0, 0.05) is 16.8 Å². The van der Waals surface area contributed by atoms with Gasteiger partial charge in [-0.25, -0.2) is 0 Å². The lowest BCUT2D eigenvalue weighted by Crippen LogP contribution is -2.21. The van der Waals surface area contributed by atoms with Crippen LogP contribution in [0.15, 0.2) is 36.4 Å². The molecule has 2 amide bonds. The summed E-state index contributed by atoms with van der Waals surface area (Å²) in [6.07, 6.45) is -0.371. The van der Waals surface area contributed by atoms with Gasteiger partial charge >= 0.3 is 0 Å². The smallest absolute Gasteiger partial charge is 0.233 e. The van der Waals surface area contributed by atoms with Crippen LogP contribution in [0.25, 0.3) is 0 Å². The second kappa shape index (κ2) is 8.96. The van der Waals surface area contributed by atoms with Gasteiger partial charge in [-0.05, 0) is 30.3 Å². The summed E-state index contributed by atoms with van der Waals surface area (Å²) in [6.45, 7) is 0. The normalized spacial score (nSPS) is 10.0. The predicted octanol–water partition coefficient (Wildman–Crippen LogP) is 3.33. The summed E-state index contributed by atoms with van der Waals surface area (Å²) in [4.78, 5) is 24.2. The van der Waals surface area contributed by atoms with Crippen LogP contribution in [0.1, 0.15) is 6.42 Å². The molecule has 26 heavy (non-hydrogen) atoms. The molecule has 0 bridgehead atoms. The lowest BCUT2D eigenvalue weighted by atomic mass is 10.2. The molecule has 7 nitrogen and oxygen atoms in total. The lowest BCUT2D eigenvalue weighted by molar-refractivity contribution is -0.123. The molecule has 2 aromatic rings. The first-order valence-corrected chi connectivity index (χ1v) is 8.00. The number of nitrogens with one attached hydrogen (secondary N) is 2. The topological polar surface area (TPSA) is 85.9 Å². The Hall–Kier alpha value is -2.93. The van der Waals surface area contributed by atoms with Crippen molar-refractivity contribution in [2.45, 2.75) is 6.42 Å². The van der Waals surface area contributed by atoms with Crippen molar-refractivity contribution in [3.8, 4) is 17.2 Å². The molecular formula is C18H19ClN2O5. The molecular weight excluding hydrogens is 360 g/mol. The van der Waals surface area contributed by atoms with Gasteiger partial charge in [-0.1, -0.05) is 11.6 Å². The molecule has 0 spiro atoms. The molecule has 138 valence electrons. The van der Waals surface area contributed by atoms with Gasteiger partial charge in [0.1, 0.15) is 12.2 Å². The van der Waals surface area contributed by atoms with Crippen molar-refractivity contribution in [3.63, 3.8) is 0 Å². The van der Waals surface area contributed by atoms with E-state index in [1.165, 1.54) is 21.3 Å². The van der Waals surface area contributed by atoms with Crippen LogP contribution in [-0.4, -0.2) is 33.1 Å². The minimum Gasteiger partial charge on any atom is -0.495 e. The van der Waals surface area contributed by atoms with Gasteiger partial charge in [0.15, 0.2) is 11.5 Å². The summed E-state index contributed by atoms with van der Waals surface area (Å²) in [7, 11) is 4.49. The number of methoxy groups -OCH3 is 3. The van der Waals surface area contributed by atoms with Gasteiger partial charge in [-0.3, -0.25) is 9.59 Å². The zero-order valence-corrected chi connectivity index (χ0v) is 15.3. The summed E-state index contributed by atoms with van der Waals surface area (Å²) in [5.41, 5.74) is 0.879. The van der Waals surface area contributed by atoms with Gasteiger partial charge in [0.25, 0.3) is 0 Å². The third kappa shape index (κ3) is 5.03. The van der Waals surface area contributed by atoms with Crippen LogP contribution in [0.4, 0.5) is 11.4 Å². The zero-order chi connectivity index (χ0) is 19.1. The van der Waals surface area contributed by atoms with Crippen molar-refractivity contribution in [2.75, 3.05) is 32.0 Å². The van der Waals surface area contributed by atoms with Gasteiger partial charge in [0.05, 0.1) is 27.0 Å². The molecule has 0 aromatic heterocycles. The van der Waals surface area contributed by atoms with E-state index < -0.39 is 11.8 Å². The fraction of sp³-hybridized carbons (Fsp3) is 0.222. The molecule has 0 unspecified atom stereocenters. The standard InChI is InChI=1S/C18H19ClN2O5/c1-24-14-6-4-11(19)8-13(14)21-18(23)10-17(22)20-12-5-7-15(25-2)16(9-12)26-3/h4-9H,10H2,1-3H3,(H,20,22)(H,21,23). The van der Waals surface area contributed by atoms with E-state index in [2.05, 4.69) is 10.6 Å². The Morgan fingerprint density at radius 1 is 0.846 bits per heavy atom. The third-order valence-corrected chi connectivity index (χ3v) is 3.66. The summed E-state index contributed by atoms with van der Waals surface area (Å²) in [5.74, 6) is 0.483. The molecule has 8 heteroatoms. The highest BCUT2D eigenvalue weighted by Gasteiger charge is 2.14. The fourth-order valence-electron chi connectivity index (χ4n) is 2.24. The van der Waals surface area contributed by atoms with Crippen molar-refractivity contribution >= 4 is 34.8 Å². The average molecular weight is 379 g/mol. The van der Waals surface area contributed by atoms with E-state index in [1.54, 1.807) is 36.4 Å². The summed E-state index contributed by atoms with van der Waals surface area (Å²) in [5, 5.41) is 5.68. The van der Waals surface area contributed by atoms with E-state index in [9.17, 15) is 9.59 Å². The van der Waals surface area contributed by atoms with Gasteiger partial charge < -0.3 is 24.8 Å². The number of anilines is 2. The first-order valence-electron chi connectivity index (χ1n) is 7.62. The maximum Gasteiger partial charge on any atom is 0.233 e. The highest BCUT2D eigenvalue weighted by molar-refractivity contribution is 6.31. The Bertz CT molecular complexity index is 810. The molecule has 0 aliphatic rings. The lowest BCUT2D eigenvalue weighted by Gasteiger charge is -2.12. The summed E-state index contributed by atoms with van der Waals surface area (Å²) < 4.78 is 15.5. The highest BCUT2D eigenvalue weighted by Crippen LogP contribution is 2.30. The van der Waals surface area contributed by atoms with Crippen molar-refractivity contribution in [2.24, 2.45) is 0 Å². The van der Waals surface area contributed by atoms with Crippen LogP contribution in [0, 0.1) is 0 Å². The average Bonchev–Trinajstić information content (AvgIpc) is 2.61. The summed E-state index contributed by atoms with van der Waals surface area (Å²) in [6, 6.07) is 9.73. The maximum absolute atomic E-state index is 12.1. The van der Waals surface area contributed by atoms with E-state index in [0.29, 0.717) is 33.6 Å². The van der Waals surface area contributed by atoms with E-state index >= 15 is 0 Å². The van der Waals surface area contributed by atoms with Crippen LogP contribution in [0.3, 0.4) is 0 Å². The predicted molar refractivity (Wildman–Crippen MR) is 99.4 cm³/mol. The van der Waals surface area contributed by atoms with Crippen molar-refractivity contribution in [1.29, 1.82) is 0 Å². The van der Waals surface area contributed by atoms with Crippen LogP contribution in [0.2, 0.25) is 5.02 Å². The number of hydrogen-bond donors (Lipinski definition) is 2. The largest absolute Gasteiger partial charge is 0.495 e. The number of carbonyl (C=O) groups is 2. The second-order valence-corrected chi connectivity index (χ2v) is 5.62. The minimum atomic E-state index is -0.497. The van der Waals surface area contributed by atoms with Gasteiger partial charge in [-0.15, -0.1) is 0 Å². The number of carbonyl (C=O) groups excluding carboxylic acids is 2. The number of hydrogen-bond acceptors (Lipinski definition) is 5. The molecule has 2 N–H and O–H groups in total. The summed E-state index contributed by atoms with van der Waals surface area (Å²) >= 11 is 5.92. The Kier molecular flexibility index (Phi) is 6.68. The molecule has 0 saturated carbocycles. The molecule has 0 fully saturated rings. The highest BCUT2D eigenvalue weighted by atomic mass is 35.5. The molecule has 0 atom stereocenters. The molecule has 2 aromatic carbocycles. The minimum absolute atomic E-state index is 0.371. The Morgan fingerprint density at radius 2 is 1.46 bits per heavy atom. The number of benzene rings is 2. The Labute approximate surface area is 156 Å². The Morgan fingerprint density at radius 3 is 2.12 bits per heavy atom. The molecule has 0 aliphatic carbocycles. The maximum atomic E-state index is 12.1. The van der Waals surface area contributed by atoms with E-state index in [1.807, 2.05) is 0 Å². The molecule has 0 aliphatic heterocycles. The SMILES string of the molecule is COc1ccc(Cl)cc1NC(=O)CC(=O)Nc1ccc(OC)c(OC)c1. The number of rotatable bonds is 7. The first kappa shape index (κ1) is 19.4. The fourth-order valence-corrected chi connectivity index (χ4v) is 2.41. The van der Waals surface area contributed by atoms with Crippen molar-refractivity contribution in [3.05, 3.63) is 41.4 Å². The third-order valence-electron chi connectivity index (χ3n) is 3.42. The monoisotopic (exact) mass is 378 g/mol. The quantitative estimate of drug-likeness (QED) is 0.722. The van der Waals surface area contributed by atoms with Gasteiger partial charge in [-0.2, -0.15) is 0 Å². The van der Waals surface area contributed by atoms with E-state index in [-0.39, 0.29) is 6.42 Å². The van der Waals surface area contributed by atoms with Crippen LogP contribution in [-0.2, 0) is 9.59 Å². The molecule has 0 heterocycles. The van der Waals surface area contributed by atoms with Crippen LogP contribution >= 0.6 is 11.6 Å². The first-order chi connectivity index (χ1) is 12.5. The number of amides is 2. The van der Waals surface area contributed by atoms with E-state index in [0.717, 1.165) is 0 Å². The van der Waals surface area contributed by atoms with Gasteiger partial charge in [0.2, 0.25) is 11.8 Å². The number of ether oxygens (including phenoxy) is 3. The van der Waals surface area contributed by atoms with Crippen molar-refractivity contribution in [1.82, 2.24) is 0 Å². The molecule has 2 rings (SSSR count). The van der Waals surface area contributed by atoms with Crippen molar-refractivity contribution < 1.29 is 23.8 Å². The Balaban J connectivity index is 1.99. The number of halogens is 1.